The lowest BCUT2D eigenvalue weighted by molar-refractivity contribution is 0.264. The van der Waals surface area contributed by atoms with E-state index >= 15 is 0 Å². The molecule has 1 heterocycles. The van der Waals surface area contributed by atoms with E-state index in [0.29, 0.717) is 12.6 Å². The maximum Gasteiger partial charge on any atom is 0.148 e. The standard InChI is InChI=1S/C18H26N2O/c1-4-11-21-18-8-6-5-7-17(18)13-19-12-16-9-10-20(14-16)15(2)3/h1,5-8,15-16,19H,9-14H2,2-3H3. The monoisotopic (exact) mass is 286 g/mol. The molecule has 1 saturated heterocycles. The van der Waals surface area contributed by atoms with Crippen molar-refractivity contribution in [1.82, 2.24) is 10.2 Å². The molecule has 1 aromatic carbocycles. The number of nitrogens with zero attached hydrogens (tertiary/aromatic N) is 1. The zero-order chi connectivity index (χ0) is 15.1. The Bertz CT molecular complexity index is 478. The Kier molecular flexibility index (Phi) is 6.10. The Balaban J connectivity index is 1.78. The lowest BCUT2D eigenvalue weighted by Crippen LogP contribution is -2.30. The molecule has 0 radical (unpaired) electrons. The van der Waals surface area contributed by atoms with Crippen LogP contribution in [0.15, 0.2) is 24.3 Å². The Labute approximate surface area is 128 Å². The molecular formula is C18H26N2O. The highest BCUT2D eigenvalue weighted by atomic mass is 16.5. The summed E-state index contributed by atoms with van der Waals surface area (Å²) in [5.41, 5.74) is 1.17. The topological polar surface area (TPSA) is 24.5 Å². The third kappa shape index (κ3) is 4.77. The summed E-state index contributed by atoms with van der Waals surface area (Å²) in [5.74, 6) is 4.15. The summed E-state index contributed by atoms with van der Waals surface area (Å²) in [6.07, 6.45) is 6.54. The number of hydrogen-bond acceptors (Lipinski definition) is 3. The van der Waals surface area contributed by atoms with Crippen molar-refractivity contribution in [2.45, 2.75) is 32.9 Å². The van der Waals surface area contributed by atoms with Gasteiger partial charge in [0.15, 0.2) is 0 Å². The quantitative estimate of drug-likeness (QED) is 0.780. The zero-order valence-corrected chi connectivity index (χ0v) is 13.1. The molecule has 3 nitrogen and oxygen atoms in total. The van der Waals surface area contributed by atoms with E-state index in [4.69, 9.17) is 11.2 Å². The van der Waals surface area contributed by atoms with E-state index in [1.54, 1.807) is 0 Å². The molecule has 0 bridgehead atoms. The Morgan fingerprint density at radius 1 is 1.43 bits per heavy atom. The van der Waals surface area contributed by atoms with Crippen LogP contribution in [0.1, 0.15) is 25.8 Å². The van der Waals surface area contributed by atoms with Crippen LogP contribution in [0.4, 0.5) is 0 Å². The first-order valence-corrected chi connectivity index (χ1v) is 7.79. The van der Waals surface area contributed by atoms with Crippen LogP contribution in [-0.2, 0) is 6.54 Å². The second-order valence-electron chi connectivity index (χ2n) is 5.97. The number of hydrogen-bond donors (Lipinski definition) is 1. The minimum absolute atomic E-state index is 0.322. The fourth-order valence-electron chi connectivity index (χ4n) is 2.82. The third-order valence-electron chi connectivity index (χ3n) is 4.08. The normalized spacial score (nSPS) is 18.9. The Morgan fingerprint density at radius 3 is 2.95 bits per heavy atom. The van der Waals surface area contributed by atoms with Crippen LogP contribution in [0.3, 0.4) is 0 Å². The first kappa shape index (κ1) is 15.9. The molecule has 0 aliphatic carbocycles. The summed E-state index contributed by atoms with van der Waals surface area (Å²) in [5, 5.41) is 3.56. The van der Waals surface area contributed by atoms with Crippen molar-refractivity contribution in [3.63, 3.8) is 0 Å². The van der Waals surface area contributed by atoms with Gasteiger partial charge in [-0.1, -0.05) is 24.1 Å². The summed E-state index contributed by atoms with van der Waals surface area (Å²) in [6, 6.07) is 8.74. The van der Waals surface area contributed by atoms with Crippen molar-refractivity contribution in [2.75, 3.05) is 26.2 Å². The lowest BCUT2D eigenvalue weighted by Gasteiger charge is -2.20. The molecule has 1 unspecified atom stereocenters. The van der Waals surface area contributed by atoms with Crippen molar-refractivity contribution < 1.29 is 4.74 Å². The van der Waals surface area contributed by atoms with Crippen LogP contribution in [0.25, 0.3) is 0 Å². The average Bonchev–Trinajstić information content (AvgIpc) is 2.95. The molecule has 21 heavy (non-hydrogen) atoms. The molecule has 1 aliphatic rings. The number of rotatable bonds is 7. The van der Waals surface area contributed by atoms with E-state index < -0.39 is 0 Å². The molecule has 1 aliphatic heterocycles. The molecule has 1 aromatic rings. The number of para-hydroxylation sites is 1. The predicted octanol–water partition coefficient (Wildman–Crippen LogP) is 2.52. The van der Waals surface area contributed by atoms with Gasteiger partial charge in [-0.05, 0) is 45.3 Å². The molecule has 0 aromatic heterocycles. The van der Waals surface area contributed by atoms with E-state index in [1.165, 1.54) is 25.1 Å². The van der Waals surface area contributed by atoms with Crippen molar-refractivity contribution in [3.05, 3.63) is 29.8 Å². The summed E-state index contributed by atoms with van der Waals surface area (Å²) >= 11 is 0. The summed E-state index contributed by atoms with van der Waals surface area (Å²) in [6.45, 7) is 9.20. The number of ether oxygens (including phenoxy) is 1. The maximum absolute atomic E-state index is 5.57. The largest absolute Gasteiger partial charge is 0.481 e. The van der Waals surface area contributed by atoms with Gasteiger partial charge >= 0.3 is 0 Å². The van der Waals surface area contributed by atoms with Gasteiger partial charge in [0.25, 0.3) is 0 Å². The SMILES string of the molecule is C#CCOc1ccccc1CNCC1CCN(C(C)C)C1. The van der Waals surface area contributed by atoms with Gasteiger partial charge < -0.3 is 15.0 Å². The fraction of sp³-hybridized carbons (Fsp3) is 0.556. The highest BCUT2D eigenvalue weighted by Gasteiger charge is 2.23. The first-order valence-electron chi connectivity index (χ1n) is 7.79. The number of likely N-dealkylation sites (tertiary alicyclic amines) is 1. The number of nitrogens with one attached hydrogen (secondary N) is 1. The second kappa shape index (κ2) is 8.07. The summed E-state index contributed by atoms with van der Waals surface area (Å²) in [7, 11) is 0. The van der Waals surface area contributed by atoms with Crippen molar-refractivity contribution >= 4 is 0 Å². The molecule has 1 atom stereocenters. The molecule has 114 valence electrons. The van der Waals surface area contributed by atoms with E-state index in [0.717, 1.165) is 24.8 Å². The minimum Gasteiger partial charge on any atom is -0.481 e. The highest BCUT2D eigenvalue weighted by Crippen LogP contribution is 2.19. The van der Waals surface area contributed by atoms with Crippen molar-refractivity contribution in [2.24, 2.45) is 5.92 Å². The molecule has 0 saturated carbocycles. The molecular weight excluding hydrogens is 260 g/mol. The smallest absolute Gasteiger partial charge is 0.148 e. The number of benzene rings is 1. The summed E-state index contributed by atoms with van der Waals surface area (Å²) < 4.78 is 5.57. The molecule has 2 rings (SSSR count). The van der Waals surface area contributed by atoms with Gasteiger partial charge in [-0.3, -0.25) is 0 Å². The van der Waals surface area contributed by atoms with Crippen LogP contribution in [0.2, 0.25) is 0 Å². The average molecular weight is 286 g/mol. The minimum atomic E-state index is 0.322. The van der Waals surface area contributed by atoms with Gasteiger partial charge in [-0.2, -0.15) is 0 Å². The fourth-order valence-corrected chi connectivity index (χ4v) is 2.82. The third-order valence-corrected chi connectivity index (χ3v) is 4.08. The van der Waals surface area contributed by atoms with Gasteiger partial charge in [-0.15, -0.1) is 6.42 Å². The second-order valence-corrected chi connectivity index (χ2v) is 5.97. The van der Waals surface area contributed by atoms with Crippen LogP contribution >= 0.6 is 0 Å². The van der Waals surface area contributed by atoms with E-state index in [1.807, 2.05) is 18.2 Å². The van der Waals surface area contributed by atoms with Gasteiger partial charge in [0.2, 0.25) is 0 Å². The number of terminal acetylenes is 1. The summed E-state index contributed by atoms with van der Waals surface area (Å²) in [4.78, 5) is 2.55. The molecule has 0 spiro atoms. The Hall–Kier alpha value is -1.50. The van der Waals surface area contributed by atoms with Gasteiger partial charge in [-0.25, -0.2) is 0 Å². The molecule has 1 fully saturated rings. The van der Waals surface area contributed by atoms with Crippen LogP contribution in [0, 0.1) is 18.3 Å². The van der Waals surface area contributed by atoms with Crippen LogP contribution < -0.4 is 10.1 Å². The van der Waals surface area contributed by atoms with Gasteiger partial charge in [0, 0.05) is 24.7 Å². The van der Waals surface area contributed by atoms with Crippen LogP contribution in [0.5, 0.6) is 5.75 Å². The maximum atomic E-state index is 5.57. The molecule has 0 amide bonds. The van der Waals surface area contributed by atoms with Crippen molar-refractivity contribution in [1.29, 1.82) is 0 Å². The molecule has 3 heteroatoms. The van der Waals surface area contributed by atoms with E-state index in [9.17, 15) is 0 Å². The van der Waals surface area contributed by atoms with Crippen LogP contribution in [-0.4, -0.2) is 37.2 Å². The zero-order valence-electron chi connectivity index (χ0n) is 13.1. The van der Waals surface area contributed by atoms with Gasteiger partial charge in [0.05, 0.1) is 0 Å². The van der Waals surface area contributed by atoms with E-state index in [-0.39, 0.29) is 0 Å². The predicted molar refractivity (Wildman–Crippen MR) is 87.3 cm³/mol. The van der Waals surface area contributed by atoms with Crippen molar-refractivity contribution in [3.8, 4) is 18.1 Å². The Morgan fingerprint density at radius 2 is 2.24 bits per heavy atom. The highest BCUT2D eigenvalue weighted by molar-refractivity contribution is 5.33. The first-order chi connectivity index (χ1) is 10.2. The van der Waals surface area contributed by atoms with E-state index in [2.05, 4.69) is 36.1 Å². The molecule has 1 N–H and O–H groups in total. The lowest BCUT2D eigenvalue weighted by atomic mass is 10.1. The van der Waals surface area contributed by atoms with Gasteiger partial charge in [0.1, 0.15) is 12.4 Å².